The number of primary amides is 1. The number of para-hydroxylation sites is 1. The highest BCUT2D eigenvalue weighted by molar-refractivity contribution is 5.90. The molecule has 0 atom stereocenters. The Kier molecular flexibility index (Phi) is 3.32. The summed E-state index contributed by atoms with van der Waals surface area (Å²) in [6, 6.07) is 7.30. The summed E-state index contributed by atoms with van der Waals surface area (Å²) >= 11 is 0. The van der Waals surface area contributed by atoms with Gasteiger partial charge in [0.05, 0.1) is 7.11 Å². The summed E-state index contributed by atoms with van der Waals surface area (Å²) in [5.74, 6) is 0.732. The highest BCUT2D eigenvalue weighted by Crippen LogP contribution is 2.31. The Morgan fingerprint density at radius 3 is 2.83 bits per heavy atom. The second kappa shape index (κ2) is 4.91. The van der Waals surface area contributed by atoms with E-state index in [1.165, 1.54) is 0 Å². The molecule has 1 aromatic heterocycles. The molecular formula is C13H14N2O3. The summed E-state index contributed by atoms with van der Waals surface area (Å²) in [5, 5.41) is 0.793. The van der Waals surface area contributed by atoms with Gasteiger partial charge < -0.3 is 15.2 Å². The van der Waals surface area contributed by atoms with Crippen LogP contribution in [0.1, 0.15) is 5.69 Å². The van der Waals surface area contributed by atoms with Gasteiger partial charge in [0.1, 0.15) is 17.0 Å². The second-order valence-corrected chi connectivity index (χ2v) is 3.87. The fraction of sp³-hybridized carbons (Fsp3) is 0.231. The van der Waals surface area contributed by atoms with Crippen molar-refractivity contribution in [2.45, 2.75) is 6.92 Å². The first kappa shape index (κ1) is 12.2. The maximum atomic E-state index is 10.8. The largest absolute Gasteiger partial charge is 0.494 e. The van der Waals surface area contributed by atoms with Crippen LogP contribution in [0.2, 0.25) is 0 Å². The zero-order chi connectivity index (χ0) is 13.1. The molecule has 0 fully saturated rings. The molecule has 5 heteroatoms. The van der Waals surface area contributed by atoms with Crippen molar-refractivity contribution < 1.29 is 14.3 Å². The van der Waals surface area contributed by atoms with Crippen molar-refractivity contribution >= 4 is 16.8 Å². The third-order valence-corrected chi connectivity index (χ3v) is 2.48. The van der Waals surface area contributed by atoms with Crippen LogP contribution in [0.3, 0.4) is 0 Å². The van der Waals surface area contributed by atoms with Crippen LogP contribution in [-0.2, 0) is 4.79 Å². The number of carbonyl (C=O) groups excluding carboxylic acids is 1. The number of hydrogen-bond acceptors (Lipinski definition) is 4. The molecule has 1 aromatic carbocycles. The van der Waals surface area contributed by atoms with Crippen LogP contribution in [0.25, 0.3) is 10.9 Å². The van der Waals surface area contributed by atoms with Gasteiger partial charge >= 0.3 is 0 Å². The summed E-state index contributed by atoms with van der Waals surface area (Å²) < 4.78 is 10.6. The lowest BCUT2D eigenvalue weighted by Gasteiger charge is -2.10. The SMILES string of the molecule is COc1cccc2c(OCC(N)=O)cc(C)nc12. The minimum atomic E-state index is -0.513. The molecule has 0 aliphatic heterocycles. The Morgan fingerprint density at radius 2 is 2.17 bits per heavy atom. The normalized spacial score (nSPS) is 10.3. The number of nitrogens with two attached hydrogens (primary N) is 1. The summed E-state index contributed by atoms with van der Waals surface area (Å²) in [6.07, 6.45) is 0. The van der Waals surface area contributed by atoms with Gasteiger partial charge in [-0.15, -0.1) is 0 Å². The number of fused-ring (bicyclic) bond motifs is 1. The molecule has 2 rings (SSSR count). The van der Waals surface area contributed by atoms with Gasteiger partial charge in [-0.2, -0.15) is 0 Å². The van der Waals surface area contributed by atoms with Crippen molar-refractivity contribution in [3.63, 3.8) is 0 Å². The molecule has 18 heavy (non-hydrogen) atoms. The summed E-state index contributed by atoms with van der Waals surface area (Å²) in [4.78, 5) is 15.2. The average Bonchev–Trinajstić information content (AvgIpc) is 2.35. The van der Waals surface area contributed by atoms with Crippen LogP contribution in [0.4, 0.5) is 0 Å². The van der Waals surface area contributed by atoms with Gasteiger partial charge in [0.2, 0.25) is 0 Å². The third kappa shape index (κ3) is 2.34. The van der Waals surface area contributed by atoms with Crippen LogP contribution in [0, 0.1) is 6.92 Å². The Balaban J connectivity index is 2.55. The average molecular weight is 246 g/mol. The lowest BCUT2D eigenvalue weighted by molar-refractivity contribution is -0.119. The summed E-state index contributed by atoms with van der Waals surface area (Å²) in [7, 11) is 1.59. The lowest BCUT2D eigenvalue weighted by Crippen LogP contribution is -2.20. The van der Waals surface area contributed by atoms with E-state index in [0.29, 0.717) is 17.0 Å². The van der Waals surface area contributed by atoms with E-state index in [1.807, 2.05) is 25.1 Å². The molecule has 0 aliphatic carbocycles. The van der Waals surface area contributed by atoms with Crippen LogP contribution < -0.4 is 15.2 Å². The maximum absolute atomic E-state index is 10.8. The predicted molar refractivity (Wildman–Crippen MR) is 67.7 cm³/mol. The molecule has 0 bridgehead atoms. The van der Waals surface area contributed by atoms with Crippen LogP contribution in [0.15, 0.2) is 24.3 Å². The number of aromatic nitrogens is 1. The Hall–Kier alpha value is -2.30. The van der Waals surface area contributed by atoms with Crippen molar-refractivity contribution in [1.82, 2.24) is 4.98 Å². The van der Waals surface area contributed by atoms with E-state index in [9.17, 15) is 4.79 Å². The van der Waals surface area contributed by atoms with Crippen molar-refractivity contribution in [2.24, 2.45) is 5.73 Å². The number of hydrogen-bond donors (Lipinski definition) is 1. The minimum Gasteiger partial charge on any atom is -0.494 e. The molecular weight excluding hydrogens is 232 g/mol. The van der Waals surface area contributed by atoms with E-state index in [0.717, 1.165) is 11.1 Å². The topological polar surface area (TPSA) is 74.4 Å². The first-order valence-electron chi connectivity index (χ1n) is 5.47. The van der Waals surface area contributed by atoms with Gasteiger partial charge in [-0.25, -0.2) is 4.98 Å². The third-order valence-electron chi connectivity index (χ3n) is 2.48. The summed E-state index contributed by atoms with van der Waals surface area (Å²) in [6.45, 7) is 1.69. The van der Waals surface area contributed by atoms with Crippen molar-refractivity contribution in [1.29, 1.82) is 0 Å². The molecule has 1 amide bonds. The van der Waals surface area contributed by atoms with Gasteiger partial charge in [0.25, 0.3) is 5.91 Å². The molecule has 94 valence electrons. The van der Waals surface area contributed by atoms with Crippen LogP contribution in [-0.4, -0.2) is 24.6 Å². The number of aryl methyl sites for hydroxylation is 1. The highest BCUT2D eigenvalue weighted by atomic mass is 16.5. The zero-order valence-corrected chi connectivity index (χ0v) is 10.3. The molecule has 2 aromatic rings. The quantitative estimate of drug-likeness (QED) is 0.885. The van der Waals surface area contributed by atoms with E-state index in [2.05, 4.69) is 4.98 Å². The van der Waals surface area contributed by atoms with Crippen LogP contribution >= 0.6 is 0 Å². The fourth-order valence-corrected chi connectivity index (χ4v) is 1.75. The van der Waals surface area contributed by atoms with E-state index in [-0.39, 0.29) is 6.61 Å². The molecule has 2 N–H and O–H groups in total. The Labute approximate surface area is 105 Å². The van der Waals surface area contributed by atoms with Gasteiger partial charge in [-0.05, 0) is 19.1 Å². The Bertz CT molecular complexity index is 596. The number of methoxy groups -OCH3 is 1. The number of ether oxygens (including phenoxy) is 2. The molecule has 1 heterocycles. The first-order chi connectivity index (χ1) is 8.61. The minimum absolute atomic E-state index is 0.157. The molecule has 0 saturated carbocycles. The standard InChI is InChI=1S/C13H14N2O3/c1-8-6-11(18-7-12(14)16)9-4-3-5-10(17-2)13(9)15-8/h3-6H,7H2,1-2H3,(H2,14,16). The van der Waals surface area contributed by atoms with Gasteiger partial charge in [0, 0.05) is 17.1 Å². The highest BCUT2D eigenvalue weighted by Gasteiger charge is 2.10. The maximum Gasteiger partial charge on any atom is 0.255 e. The van der Waals surface area contributed by atoms with Crippen molar-refractivity contribution in [2.75, 3.05) is 13.7 Å². The molecule has 0 unspecified atom stereocenters. The van der Waals surface area contributed by atoms with Crippen molar-refractivity contribution in [3.8, 4) is 11.5 Å². The summed E-state index contributed by atoms with van der Waals surface area (Å²) in [5.41, 5.74) is 6.57. The molecule has 0 aliphatic rings. The van der Waals surface area contributed by atoms with Gasteiger partial charge in [-0.1, -0.05) is 6.07 Å². The first-order valence-corrected chi connectivity index (χ1v) is 5.47. The monoisotopic (exact) mass is 246 g/mol. The molecule has 0 saturated heterocycles. The van der Waals surface area contributed by atoms with E-state index >= 15 is 0 Å². The van der Waals surface area contributed by atoms with E-state index < -0.39 is 5.91 Å². The van der Waals surface area contributed by atoms with E-state index in [4.69, 9.17) is 15.2 Å². The number of carbonyl (C=O) groups is 1. The smallest absolute Gasteiger partial charge is 0.255 e. The number of nitrogens with zero attached hydrogens (tertiary/aromatic N) is 1. The molecule has 5 nitrogen and oxygen atoms in total. The lowest BCUT2D eigenvalue weighted by atomic mass is 10.1. The van der Waals surface area contributed by atoms with Crippen molar-refractivity contribution in [3.05, 3.63) is 30.0 Å². The number of rotatable bonds is 4. The fourth-order valence-electron chi connectivity index (χ4n) is 1.75. The Morgan fingerprint density at radius 1 is 1.39 bits per heavy atom. The van der Waals surface area contributed by atoms with Gasteiger partial charge in [-0.3, -0.25) is 4.79 Å². The molecule has 0 radical (unpaired) electrons. The van der Waals surface area contributed by atoms with Gasteiger partial charge in [0.15, 0.2) is 6.61 Å². The molecule has 0 spiro atoms. The zero-order valence-electron chi connectivity index (χ0n) is 10.3. The van der Waals surface area contributed by atoms with Crippen LogP contribution in [0.5, 0.6) is 11.5 Å². The number of pyridine rings is 1. The number of amides is 1. The van der Waals surface area contributed by atoms with E-state index in [1.54, 1.807) is 13.2 Å². The second-order valence-electron chi connectivity index (χ2n) is 3.87. The predicted octanol–water partition coefficient (Wildman–Crippen LogP) is 1.42. The number of benzene rings is 1.